The molecule has 0 saturated carbocycles. The third-order valence-electron chi connectivity index (χ3n) is 4.64. The number of carboxylic acid groups (broad SMARTS) is 1. The van der Waals surface area contributed by atoms with Gasteiger partial charge in [-0.2, -0.15) is 0 Å². The van der Waals surface area contributed by atoms with Crippen molar-refractivity contribution in [1.29, 1.82) is 0 Å². The second kappa shape index (κ2) is 19.4. The van der Waals surface area contributed by atoms with Gasteiger partial charge in [-0.3, -0.25) is 9.59 Å². The van der Waals surface area contributed by atoms with Crippen LogP contribution in [0.2, 0.25) is 0 Å². The lowest BCUT2D eigenvalue weighted by atomic mass is 10.0. The number of aryl methyl sites for hydroxylation is 2. The maximum absolute atomic E-state index is 11.0. The Hall–Kier alpha value is -3.93. The highest BCUT2D eigenvalue weighted by molar-refractivity contribution is 5.80. The fourth-order valence-corrected chi connectivity index (χ4v) is 2.78. The molecule has 0 atom stereocenters. The molecule has 0 fully saturated rings. The molecule has 2 N–H and O–H groups in total. The maximum Gasteiger partial charge on any atom is 0.323 e. The van der Waals surface area contributed by atoms with Gasteiger partial charge in [0.25, 0.3) is 0 Å². The average molecular weight is 493 g/mol. The van der Waals surface area contributed by atoms with Crippen LogP contribution in [-0.2, 0) is 4.79 Å². The minimum Gasteiger partial charge on any atom is -0.480 e. The fraction of sp³-hybridized carbons (Fsp3) is 0.300. The Morgan fingerprint density at radius 1 is 0.861 bits per heavy atom. The molecule has 0 saturated heterocycles. The van der Waals surface area contributed by atoms with Gasteiger partial charge in [0.05, 0.1) is 0 Å². The van der Waals surface area contributed by atoms with Crippen LogP contribution >= 0.6 is 0 Å². The second-order valence-electron chi connectivity index (χ2n) is 7.74. The summed E-state index contributed by atoms with van der Waals surface area (Å²) in [5.74, 6) is -1.03. The van der Waals surface area contributed by atoms with Crippen molar-refractivity contribution in [3.63, 3.8) is 0 Å². The quantitative estimate of drug-likeness (QED) is 0.379. The van der Waals surface area contributed by atoms with Gasteiger partial charge >= 0.3 is 12.0 Å². The van der Waals surface area contributed by atoms with Gasteiger partial charge in [-0.15, -0.1) is 0 Å². The van der Waals surface area contributed by atoms with E-state index in [0.717, 1.165) is 23.8 Å². The summed E-state index contributed by atoms with van der Waals surface area (Å²) in [7, 11) is 1.63. The molecule has 36 heavy (non-hydrogen) atoms. The van der Waals surface area contributed by atoms with Crippen molar-refractivity contribution in [1.82, 2.24) is 10.2 Å². The van der Waals surface area contributed by atoms with E-state index in [9.17, 15) is 14.4 Å². The predicted molar refractivity (Wildman–Crippen MR) is 148 cm³/mol. The van der Waals surface area contributed by atoms with Gasteiger partial charge in [0, 0.05) is 19.2 Å². The van der Waals surface area contributed by atoms with Crippen LogP contribution in [0.3, 0.4) is 0 Å². The van der Waals surface area contributed by atoms with Crippen molar-refractivity contribution < 1.29 is 19.5 Å². The zero-order valence-corrected chi connectivity index (χ0v) is 22.3. The van der Waals surface area contributed by atoms with Crippen molar-refractivity contribution in [2.45, 2.75) is 41.0 Å². The van der Waals surface area contributed by atoms with Gasteiger partial charge < -0.3 is 15.3 Å². The summed E-state index contributed by atoms with van der Waals surface area (Å²) in [5, 5.41) is 10.5. The van der Waals surface area contributed by atoms with Gasteiger partial charge in [0.2, 0.25) is 0 Å². The number of nitrogens with one attached hydrogen (secondary N) is 1. The number of urea groups is 1. The molecule has 194 valence electrons. The normalized spacial score (nSPS) is 9.06. The number of aliphatic carboxylic acids is 1. The van der Waals surface area contributed by atoms with Gasteiger partial charge in [0.15, 0.2) is 0 Å². The number of hydrogen-bond donors (Lipinski definition) is 2. The van der Waals surface area contributed by atoms with Gasteiger partial charge in [-0.05, 0) is 37.5 Å². The Bertz CT molecular complexity index is 998. The van der Waals surface area contributed by atoms with Gasteiger partial charge in [-0.1, -0.05) is 105 Å². The minimum atomic E-state index is -1.03. The molecular weight excluding hydrogens is 452 g/mol. The zero-order chi connectivity index (χ0) is 27.3. The molecule has 0 aromatic heterocycles. The van der Waals surface area contributed by atoms with Crippen LogP contribution in [0.4, 0.5) is 4.79 Å². The van der Waals surface area contributed by atoms with Crippen LogP contribution in [0.25, 0.3) is 11.1 Å². The topological polar surface area (TPSA) is 86.7 Å². The van der Waals surface area contributed by atoms with E-state index in [0.29, 0.717) is 12.1 Å². The van der Waals surface area contributed by atoms with Crippen LogP contribution < -0.4 is 5.32 Å². The number of carbonyl (C=O) groups excluding carboxylic acids is 2. The van der Waals surface area contributed by atoms with Crippen LogP contribution in [0.15, 0.2) is 78.9 Å². The summed E-state index contributed by atoms with van der Waals surface area (Å²) in [6.07, 6.45) is 1.73. The summed E-state index contributed by atoms with van der Waals surface area (Å²) in [6.45, 7) is 10.4. The van der Waals surface area contributed by atoms with Gasteiger partial charge in [0.1, 0.15) is 12.8 Å². The molecule has 0 unspecified atom stereocenters. The van der Waals surface area contributed by atoms with Crippen molar-refractivity contribution in [2.24, 2.45) is 0 Å². The molecule has 3 aromatic carbocycles. The highest BCUT2D eigenvalue weighted by Crippen LogP contribution is 2.19. The Kier molecular flexibility index (Phi) is 17.3. The molecule has 6 nitrogen and oxygen atoms in total. The Morgan fingerprint density at radius 2 is 1.39 bits per heavy atom. The first-order chi connectivity index (χ1) is 17.3. The molecule has 2 amide bonds. The molecule has 0 bridgehead atoms. The summed E-state index contributed by atoms with van der Waals surface area (Å²) >= 11 is 0. The number of benzene rings is 3. The van der Waals surface area contributed by atoms with E-state index in [-0.39, 0.29) is 12.6 Å². The smallest absolute Gasteiger partial charge is 0.323 e. The molecule has 0 radical (unpaired) electrons. The molecule has 6 heteroatoms. The monoisotopic (exact) mass is 492 g/mol. The Labute approximate surface area is 216 Å². The lowest BCUT2D eigenvalue weighted by Gasteiger charge is -2.15. The molecule has 0 aliphatic carbocycles. The highest BCUT2D eigenvalue weighted by Gasteiger charge is 2.07. The van der Waals surface area contributed by atoms with E-state index in [1.807, 2.05) is 69.3 Å². The minimum absolute atomic E-state index is 0.327. The number of amides is 2. The average Bonchev–Trinajstić information content (AvgIpc) is 2.91. The number of carbonyl (C=O) groups is 3. The first kappa shape index (κ1) is 32.1. The summed E-state index contributed by atoms with van der Waals surface area (Å²) < 4.78 is 0. The van der Waals surface area contributed by atoms with E-state index in [1.165, 1.54) is 16.0 Å². The summed E-state index contributed by atoms with van der Waals surface area (Å²) in [6, 6.07) is 25.7. The highest BCUT2D eigenvalue weighted by atomic mass is 16.4. The van der Waals surface area contributed by atoms with E-state index < -0.39 is 5.97 Å². The number of rotatable bonds is 6. The molecule has 0 aliphatic rings. The molecule has 0 heterocycles. The van der Waals surface area contributed by atoms with Crippen molar-refractivity contribution in [3.8, 4) is 11.1 Å². The van der Waals surface area contributed by atoms with E-state index in [1.54, 1.807) is 13.1 Å². The third-order valence-corrected chi connectivity index (χ3v) is 4.64. The van der Waals surface area contributed by atoms with Crippen molar-refractivity contribution in [3.05, 3.63) is 95.6 Å². The fourth-order valence-electron chi connectivity index (χ4n) is 2.78. The summed E-state index contributed by atoms with van der Waals surface area (Å²) in [5.41, 5.74) is 5.59. The molecule has 0 aliphatic heterocycles. The number of nitrogens with zero attached hydrogens (tertiary/aromatic N) is 1. The Morgan fingerprint density at radius 3 is 1.86 bits per heavy atom. The van der Waals surface area contributed by atoms with Crippen LogP contribution in [0.1, 0.15) is 48.7 Å². The van der Waals surface area contributed by atoms with Crippen molar-refractivity contribution >= 4 is 18.3 Å². The largest absolute Gasteiger partial charge is 0.480 e. The van der Waals surface area contributed by atoms with E-state index >= 15 is 0 Å². The zero-order valence-electron chi connectivity index (χ0n) is 22.3. The number of carboxylic acids is 1. The SMILES string of the molecule is CC.CCCN(C)C(=O)NCC(=O)O.Cc1ccc(C)cc1.O=Cc1cccc(-c2ccccc2)c1. The maximum atomic E-state index is 11.0. The molecule has 3 rings (SSSR count). The van der Waals surface area contributed by atoms with Gasteiger partial charge in [-0.25, -0.2) is 4.79 Å². The van der Waals surface area contributed by atoms with Crippen LogP contribution in [0, 0.1) is 13.8 Å². The van der Waals surface area contributed by atoms with E-state index in [2.05, 4.69) is 43.4 Å². The van der Waals surface area contributed by atoms with Crippen LogP contribution in [0.5, 0.6) is 0 Å². The number of hydrogen-bond acceptors (Lipinski definition) is 3. The predicted octanol–water partition coefficient (Wildman–Crippen LogP) is 6.62. The standard InChI is InChI=1S/C13H10O.C8H10.C7H14N2O3.C2H6/c14-10-11-5-4-8-13(9-11)12-6-2-1-3-7-12;1-7-3-5-8(2)6-4-7;1-3-4-9(2)7(12)8-5-6(10)11;1-2/h1-10H;3-6H,1-2H3;3-5H2,1-2H3,(H,8,12)(H,10,11);1-2H3. The van der Waals surface area contributed by atoms with Crippen molar-refractivity contribution in [2.75, 3.05) is 20.1 Å². The molecule has 0 spiro atoms. The molecule has 3 aromatic rings. The molecular formula is C30H40N2O4. The van der Waals surface area contributed by atoms with Crippen LogP contribution in [-0.4, -0.2) is 48.4 Å². The Balaban J connectivity index is 0.000000509. The summed E-state index contributed by atoms with van der Waals surface area (Å²) in [4.78, 5) is 33.1. The lowest BCUT2D eigenvalue weighted by molar-refractivity contribution is -0.135. The first-order valence-electron chi connectivity index (χ1n) is 12.1. The second-order valence-corrected chi connectivity index (χ2v) is 7.74. The van der Waals surface area contributed by atoms with E-state index in [4.69, 9.17) is 5.11 Å². The number of aldehydes is 1. The lowest BCUT2D eigenvalue weighted by Crippen LogP contribution is -2.40. The first-order valence-corrected chi connectivity index (χ1v) is 12.1. The third kappa shape index (κ3) is 14.4.